The van der Waals surface area contributed by atoms with E-state index in [9.17, 15) is 4.79 Å². The molecule has 0 spiro atoms. The third kappa shape index (κ3) is 3.44. The molecule has 0 aliphatic carbocycles. The Morgan fingerprint density at radius 2 is 2.21 bits per heavy atom. The van der Waals surface area contributed by atoms with Crippen LogP contribution < -0.4 is 4.90 Å². The van der Waals surface area contributed by atoms with Gasteiger partial charge in [0.1, 0.15) is 0 Å². The third-order valence-corrected chi connectivity index (χ3v) is 5.72. The number of nitrogens with zero attached hydrogens (tertiary/aromatic N) is 2. The van der Waals surface area contributed by atoms with Gasteiger partial charge in [-0.25, -0.2) is 4.98 Å². The molecule has 1 atom stereocenters. The first kappa shape index (κ1) is 17.6. The molecule has 6 heteroatoms. The summed E-state index contributed by atoms with van der Waals surface area (Å²) in [6, 6.07) is 3.86. The molecule has 1 aromatic carbocycles. The number of thiazole rings is 1. The molecule has 130 valence electrons. The Bertz CT molecular complexity index is 760. The lowest BCUT2D eigenvalue weighted by molar-refractivity contribution is -0.126. The van der Waals surface area contributed by atoms with Crippen molar-refractivity contribution in [1.29, 1.82) is 0 Å². The van der Waals surface area contributed by atoms with Gasteiger partial charge in [0, 0.05) is 17.0 Å². The van der Waals surface area contributed by atoms with Gasteiger partial charge in [0.05, 0.1) is 22.9 Å². The average Bonchev–Trinajstić information content (AvgIpc) is 3.16. The minimum atomic E-state index is -0.469. The highest BCUT2D eigenvalue weighted by Crippen LogP contribution is 2.35. The molecule has 2 aromatic rings. The van der Waals surface area contributed by atoms with Crippen LogP contribution in [0.3, 0.4) is 0 Å². The summed E-state index contributed by atoms with van der Waals surface area (Å²) in [4.78, 5) is 19.5. The van der Waals surface area contributed by atoms with Gasteiger partial charge in [-0.05, 0) is 37.5 Å². The Kier molecular flexibility index (Phi) is 4.87. The summed E-state index contributed by atoms with van der Waals surface area (Å²) in [5, 5.41) is 1.43. The molecule has 0 saturated carbocycles. The zero-order valence-corrected chi connectivity index (χ0v) is 16.1. The van der Waals surface area contributed by atoms with Crippen molar-refractivity contribution in [2.45, 2.75) is 46.6 Å². The SMILES string of the molecule is Cc1c(Cl)ccc2sc(N(CC3CCCO3)C(=O)C(C)(C)C)nc12. The van der Waals surface area contributed by atoms with Gasteiger partial charge < -0.3 is 4.74 Å². The number of fused-ring (bicyclic) bond motifs is 1. The predicted octanol–water partition coefficient (Wildman–Crippen LogP) is 4.82. The topological polar surface area (TPSA) is 42.4 Å². The van der Waals surface area contributed by atoms with E-state index in [0.29, 0.717) is 11.6 Å². The molecule has 2 heterocycles. The number of hydrogen-bond donors (Lipinski definition) is 0. The standard InChI is InChI=1S/C18H23ClN2O2S/c1-11-13(19)7-8-14-15(11)20-17(24-14)21(16(22)18(2,3)4)10-12-6-5-9-23-12/h7-8,12H,5-6,9-10H2,1-4H3. The number of amides is 1. The molecule has 4 nitrogen and oxygen atoms in total. The van der Waals surface area contributed by atoms with E-state index in [1.165, 1.54) is 11.3 Å². The maximum absolute atomic E-state index is 13.0. The molecule has 1 unspecified atom stereocenters. The molecule has 0 radical (unpaired) electrons. The van der Waals surface area contributed by atoms with Crippen molar-refractivity contribution in [2.24, 2.45) is 5.41 Å². The van der Waals surface area contributed by atoms with Gasteiger partial charge >= 0.3 is 0 Å². The summed E-state index contributed by atoms with van der Waals surface area (Å²) in [5.41, 5.74) is 1.36. The van der Waals surface area contributed by atoms with Gasteiger partial charge in [0.25, 0.3) is 0 Å². The smallest absolute Gasteiger partial charge is 0.234 e. The lowest BCUT2D eigenvalue weighted by atomic mass is 9.94. The Hall–Kier alpha value is -1.17. The summed E-state index contributed by atoms with van der Waals surface area (Å²) in [7, 11) is 0. The van der Waals surface area contributed by atoms with E-state index in [4.69, 9.17) is 21.3 Å². The molecule has 0 bridgehead atoms. The van der Waals surface area contributed by atoms with E-state index >= 15 is 0 Å². The predicted molar refractivity (Wildman–Crippen MR) is 100 cm³/mol. The summed E-state index contributed by atoms with van der Waals surface area (Å²) in [6.45, 7) is 9.11. The fourth-order valence-electron chi connectivity index (χ4n) is 2.85. The maximum Gasteiger partial charge on any atom is 0.234 e. The highest BCUT2D eigenvalue weighted by molar-refractivity contribution is 7.22. The van der Waals surface area contributed by atoms with Crippen LogP contribution in [0.1, 0.15) is 39.2 Å². The first-order valence-electron chi connectivity index (χ1n) is 8.26. The molecule has 3 rings (SSSR count). The lowest BCUT2D eigenvalue weighted by Crippen LogP contribution is -2.43. The van der Waals surface area contributed by atoms with Crippen LogP contribution in [-0.2, 0) is 9.53 Å². The van der Waals surface area contributed by atoms with Crippen molar-refractivity contribution in [3.05, 3.63) is 22.7 Å². The van der Waals surface area contributed by atoms with Crippen LogP contribution in [0.25, 0.3) is 10.2 Å². The van der Waals surface area contributed by atoms with Gasteiger partial charge in [-0.1, -0.05) is 43.7 Å². The minimum Gasteiger partial charge on any atom is -0.376 e. The van der Waals surface area contributed by atoms with Gasteiger partial charge in [-0.3, -0.25) is 9.69 Å². The van der Waals surface area contributed by atoms with Gasteiger partial charge in [-0.2, -0.15) is 0 Å². The van der Waals surface area contributed by atoms with Crippen molar-refractivity contribution < 1.29 is 9.53 Å². The Balaban J connectivity index is 2.00. The van der Waals surface area contributed by atoms with E-state index < -0.39 is 5.41 Å². The highest BCUT2D eigenvalue weighted by atomic mass is 35.5. The number of anilines is 1. The van der Waals surface area contributed by atoms with Crippen LogP contribution in [0.15, 0.2) is 12.1 Å². The molecule has 1 saturated heterocycles. The molecule has 0 N–H and O–H groups in total. The first-order valence-corrected chi connectivity index (χ1v) is 9.46. The molecule has 1 aliphatic rings. The molecule has 1 amide bonds. The fraction of sp³-hybridized carbons (Fsp3) is 0.556. The fourth-order valence-corrected chi connectivity index (χ4v) is 4.03. The van der Waals surface area contributed by atoms with Crippen LogP contribution >= 0.6 is 22.9 Å². The van der Waals surface area contributed by atoms with Crippen LogP contribution in [0.5, 0.6) is 0 Å². The van der Waals surface area contributed by atoms with Gasteiger partial charge in [-0.15, -0.1) is 0 Å². The van der Waals surface area contributed by atoms with Crippen LogP contribution in [0.4, 0.5) is 5.13 Å². The van der Waals surface area contributed by atoms with E-state index in [0.717, 1.165) is 40.4 Å². The van der Waals surface area contributed by atoms with Gasteiger partial charge in [0.2, 0.25) is 5.91 Å². The lowest BCUT2D eigenvalue weighted by Gasteiger charge is -2.29. The zero-order valence-electron chi connectivity index (χ0n) is 14.6. The maximum atomic E-state index is 13.0. The second kappa shape index (κ2) is 6.62. The number of halogens is 1. The number of hydrogen-bond acceptors (Lipinski definition) is 4. The Labute approximate surface area is 151 Å². The van der Waals surface area contributed by atoms with Gasteiger partial charge in [0.15, 0.2) is 5.13 Å². The van der Waals surface area contributed by atoms with E-state index in [1.54, 1.807) is 4.90 Å². The second-order valence-electron chi connectivity index (χ2n) is 7.32. The molecule has 24 heavy (non-hydrogen) atoms. The quantitative estimate of drug-likeness (QED) is 0.782. The summed E-state index contributed by atoms with van der Waals surface area (Å²) in [5.74, 6) is 0.0702. The average molecular weight is 367 g/mol. The number of aryl methyl sites for hydroxylation is 1. The number of aromatic nitrogens is 1. The molecule has 1 aliphatic heterocycles. The monoisotopic (exact) mass is 366 g/mol. The third-order valence-electron chi connectivity index (χ3n) is 4.26. The molecule has 1 fully saturated rings. The van der Waals surface area contributed by atoms with Crippen molar-refractivity contribution in [3.8, 4) is 0 Å². The summed E-state index contributed by atoms with van der Waals surface area (Å²) < 4.78 is 6.79. The van der Waals surface area contributed by atoms with Crippen molar-refractivity contribution in [2.75, 3.05) is 18.1 Å². The van der Waals surface area contributed by atoms with E-state index in [2.05, 4.69) is 0 Å². The number of ether oxygens (including phenoxy) is 1. The van der Waals surface area contributed by atoms with Crippen LogP contribution in [0.2, 0.25) is 5.02 Å². The molecule has 1 aromatic heterocycles. The number of carbonyl (C=O) groups excluding carboxylic acids is 1. The number of rotatable bonds is 3. The minimum absolute atomic E-state index is 0.0702. The van der Waals surface area contributed by atoms with Crippen molar-refractivity contribution in [3.63, 3.8) is 0 Å². The van der Waals surface area contributed by atoms with Crippen molar-refractivity contribution in [1.82, 2.24) is 4.98 Å². The summed E-state index contributed by atoms with van der Waals surface area (Å²) >= 11 is 7.75. The van der Waals surface area contributed by atoms with Crippen molar-refractivity contribution >= 4 is 44.2 Å². The summed E-state index contributed by atoms with van der Waals surface area (Å²) in [6.07, 6.45) is 2.13. The Morgan fingerprint density at radius 1 is 1.46 bits per heavy atom. The molecular weight excluding hydrogens is 344 g/mol. The molecular formula is C18H23ClN2O2S. The van der Waals surface area contributed by atoms with E-state index in [-0.39, 0.29) is 12.0 Å². The number of carbonyl (C=O) groups is 1. The normalized spacial score (nSPS) is 18.3. The highest BCUT2D eigenvalue weighted by Gasteiger charge is 2.33. The first-order chi connectivity index (χ1) is 11.3. The van der Waals surface area contributed by atoms with Crippen LogP contribution in [0, 0.1) is 12.3 Å². The second-order valence-corrected chi connectivity index (χ2v) is 8.73. The number of benzene rings is 1. The van der Waals surface area contributed by atoms with Crippen LogP contribution in [-0.4, -0.2) is 30.1 Å². The zero-order chi connectivity index (χ0) is 17.5. The van der Waals surface area contributed by atoms with E-state index in [1.807, 2.05) is 39.8 Å². The Morgan fingerprint density at radius 3 is 2.83 bits per heavy atom. The largest absolute Gasteiger partial charge is 0.376 e.